The van der Waals surface area contributed by atoms with Crippen molar-refractivity contribution in [3.63, 3.8) is 0 Å². The summed E-state index contributed by atoms with van der Waals surface area (Å²) in [7, 11) is 0. The molecule has 0 radical (unpaired) electrons. The Morgan fingerprint density at radius 1 is 1.10 bits per heavy atom. The molecule has 3 aromatic rings. The highest BCUT2D eigenvalue weighted by molar-refractivity contribution is 7.99. The van der Waals surface area contributed by atoms with Crippen LogP contribution < -0.4 is 10.7 Å². The molecule has 1 aliphatic heterocycles. The first kappa shape index (κ1) is 20.2. The third-order valence-corrected chi connectivity index (χ3v) is 6.03. The molecule has 30 heavy (non-hydrogen) atoms. The van der Waals surface area contributed by atoms with E-state index in [1.54, 1.807) is 18.2 Å². The van der Waals surface area contributed by atoms with Crippen LogP contribution in [-0.4, -0.2) is 57.6 Å². The Kier molecular flexibility index (Phi) is 5.89. The second kappa shape index (κ2) is 8.74. The van der Waals surface area contributed by atoms with Gasteiger partial charge in [0.1, 0.15) is 5.82 Å². The standard InChI is InChI=1S/C21H23FN6OS/c1-15-5-4-6-16(13-15)26-9-11-27(12-10-26)19(29)14-30-21-25-24-20(28(21)23)17-7-2-3-8-18(17)22/h2-8,13H,9-12,14,23H2,1H3. The molecule has 0 unspecified atom stereocenters. The summed E-state index contributed by atoms with van der Waals surface area (Å²) in [5, 5.41) is 8.37. The maximum absolute atomic E-state index is 14.0. The molecule has 1 aromatic heterocycles. The summed E-state index contributed by atoms with van der Waals surface area (Å²) in [5.41, 5.74) is 2.69. The second-order valence-corrected chi connectivity index (χ2v) is 8.09. The number of carbonyl (C=O) groups excluding carboxylic acids is 1. The number of halogens is 1. The average Bonchev–Trinajstić information content (AvgIpc) is 3.12. The maximum atomic E-state index is 14.0. The summed E-state index contributed by atoms with van der Waals surface area (Å²) in [4.78, 5) is 16.8. The highest BCUT2D eigenvalue weighted by Gasteiger charge is 2.23. The van der Waals surface area contributed by atoms with Gasteiger partial charge in [0.15, 0.2) is 5.82 Å². The molecule has 1 saturated heterocycles. The van der Waals surface area contributed by atoms with Gasteiger partial charge in [0.25, 0.3) is 0 Å². The monoisotopic (exact) mass is 426 g/mol. The van der Waals surface area contributed by atoms with E-state index in [1.807, 2.05) is 4.90 Å². The summed E-state index contributed by atoms with van der Waals surface area (Å²) in [6.45, 7) is 5.01. The van der Waals surface area contributed by atoms with E-state index in [1.165, 1.54) is 33.8 Å². The van der Waals surface area contributed by atoms with Crippen molar-refractivity contribution in [1.29, 1.82) is 0 Å². The van der Waals surface area contributed by atoms with Crippen molar-refractivity contribution in [3.05, 3.63) is 59.9 Å². The predicted octanol–water partition coefficient (Wildman–Crippen LogP) is 2.55. The SMILES string of the molecule is Cc1cccc(N2CCN(C(=O)CSc3nnc(-c4ccccc4F)n3N)CC2)c1. The zero-order valence-corrected chi connectivity index (χ0v) is 17.5. The average molecular weight is 427 g/mol. The number of piperazine rings is 1. The molecule has 2 N–H and O–H groups in total. The summed E-state index contributed by atoms with van der Waals surface area (Å²) in [6, 6.07) is 14.6. The van der Waals surface area contributed by atoms with Crippen LogP contribution in [0.5, 0.6) is 0 Å². The van der Waals surface area contributed by atoms with Gasteiger partial charge in [-0.25, -0.2) is 9.07 Å². The van der Waals surface area contributed by atoms with E-state index in [0.29, 0.717) is 18.2 Å². The predicted molar refractivity (Wildman–Crippen MR) is 116 cm³/mol. The van der Waals surface area contributed by atoms with E-state index in [4.69, 9.17) is 5.84 Å². The largest absolute Gasteiger partial charge is 0.368 e. The molecule has 0 spiro atoms. The van der Waals surface area contributed by atoms with Gasteiger partial charge in [-0.05, 0) is 36.8 Å². The van der Waals surface area contributed by atoms with E-state index in [0.717, 1.165) is 13.1 Å². The highest BCUT2D eigenvalue weighted by Crippen LogP contribution is 2.24. The van der Waals surface area contributed by atoms with E-state index in [2.05, 4.69) is 46.3 Å². The Morgan fingerprint density at radius 3 is 2.60 bits per heavy atom. The summed E-state index contributed by atoms with van der Waals surface area (Å²) in [5.74, 6) is 6.08. The van der Waals surface area contributed by atoms with Crippen molar-refractivity contribution in [2.45, 2.75) is 12.1 Å². The van der Waals surface area contributed by atoms with Gasteiger partial charge in [0.2, 0.25) is 11.1 Å². The molecule has 1 amide bonds. The van der Waals surface area contributed by atoms with Gasteiger partial charge < -0.3 is 15.6 Å². The number of hydrogen-bond acceptors (Lipinski definition) is 6. The smallest absolute Gasteiger partial charge is 0.233 e. The van der Waals surface area contributed by atoms with Crippen LogP contribution in [0.4, 0.5) is 10.1 Å². The van der Waals surface area contributed by atoms with Crippen LogP contribution in [0.15, 0.2) is 53.7 Å². The molecular weight excluding hydrogens is 403 g/mol. The van der Waals surface area contributed by atoms with Gasteiger partial charge in [-0.3, -0.25) is 4.79 Å². The van der Waals surface area contributed by atoms with Crippen LogP contribution in [0.2, 0.25) is 0 Å². The van der Waals surface area contributed by atoms with Crippen LogP contribution in [-0.2, 0) is 4.79 Å². The Hall–Kier alpha value is -3.07. The Morgan fingerprint density at radius 2 is 1.87 bits per heavy atom. The fourth-order valence-corrected chi connectivity index (χ4v) is 4.22. The third kappa shape index (κ3) is 4.25. The molecule has 7 nitrogen and oxygen atoms in total. The zero-order valence-electron chi connectivity index (χ0n) is 16.7. The lowest BCUT2D eigenvalue weighted by molar-refractivity contribution is -0.128. The molecule has 156 valence electrons. The Balaban J connectivity index is 1.33. The molecular formula is C21H23FN6OS. The minimum atomic E-state index is -0.421. The first-order chi connectivity index (χ1) is 14.5. The van der Waals surface area contributed by atoms with Crippen molar-refractivity contribution < 1.29 is 9.18 Å². The van der Waals surface area contributed by atoms with Gasteiger partial charge in [0, 0.05) is 31.9 Å². The number of nitrogen functional groups attached to an aromatic ring is 1. The van der Waals surface area contributed by atoms with Gasteiger partial charge in [-0.2, -0.15) is 0 Å². The van der Waals surface area contributed by atoms with Crippen LogP contribution in [0, 0.1) is 12.7 Å². The first-order valence-electron chi connectivity index (χ1n) is 9.70. The molecule has 2 aromatic carbocycles. The molecule has 1 fully saturated rings. The molecule has 1 aliphatic rings. The first-order valence-corrected chi connectivity index (χ1v) is 10.7. The van der Waals surface area contributed by atoms with Crippen molar-refractivity contribution in [2.75, 3.05) is 42.7 Å². The van der Waals surface area contributed by atoms with Gasteiger partial charge in [0.05, 0.1) is 11.3 Å². The number of thioether (sulfide) groups is 1. The number of rotatable bonds is 5. The molecule has 2 heterocycles. The van der Waals surface area contributed by atoms with E-state index in [-0.39, 0.29) is 23.0 Å². The fraction of sp³-hybridized carbons (Fsp3) is 0.286. The number of aryl methyl sites for hydroxylation is 1. The number of nitrogens with two attached hydrogens (primary N) is 1. The lowest BCUT2D eigenvalue weighted by Crippen LogP contribution is -2.49. The molecule has 9 heteroatoms. The highest BCUT2D eigenvalue weighted by atomic mass is 32.2. The number of benzene rings is 2. The Labute approximate surface area is 178 Å². The second-order valence-electron chi connectivity index (χ2n) is 7.15. The topological polar surface area (TPSA) is 80.3 Å². The number of aromatic nitrogens is 3. The van der Waals surface area contributed by atoms with Crippen LogP contribution in [0.3, 0.4) is 0 Å². The minimum Gasteiger partial charge on any atom is -0.368 e. The third-order valence-electron chi connectivity index (χ3n) is 5.10. The number of hydrogen-bond donors (Lipinski definition) is 1. The lowest BCUT2D eigenvalue weighted by atomic mass is 10.2. The van der Waals surface area contributed by atoms with Crippen molar-refractivity contribution in [1.82, 2.24) is 19.8 Å². The molecule has 0 saturated carbocycles. The summed E-state index contributed by atoms with van der Waals surface area (Å²) in [6.07, 6.45) is 0. The number of nitrogens with zero attached hydrogens (tertiary/aromatic N) is 5. The van der Waals surface area contributed by atoms with Gasteiger partial charge in [-0.1, -0.05) is 36.0 Å². The fourth-order valence-electron chi connectivity index (χ4n) is 3.46. The normalized spacial score (nSPS) is 14.2. The van der Waals surface area contributed by atoms with E-state index < -0.39 is 5.82 Å². The molecule has 0 bridgehead atoms. The van der Waals surface area contributed by atoms with E-state index in [9.17, 15) is 9.18 Å². The maximum Gasteiger partial charge on any atom is 0.233 e. The Bertz CT molecular complexity index is 1050. The molecule has 4 rings (SSSR count). The van der Waals surface area contributed by atoms with Crippen LogP contribution in [0.25, 0.3) is 11.4 Å². The van der Waals surface area contributed by atoms with Crippen molar-refractivity contribution in [3.8, 4) is 11.4 Å². The number of anilines is 1. The number of amides is 1. The quantitative estimate of drug-likeness (QED) is 0.499. The summed E-state index contributed by atoms with van der Waals surface area (Å²) < 4.78 is 15.2. The lowest BCUT2D eigenvalue weighted by Gasteiger charge is -2.36. The van der Waals surface area contributed by atoms with Crippen LogP contribution >= 0.6 is 11.8 Å². The van der Waals surface area contributed by atoms with Gasteiger partial charge in [-0.15, -0.1) is 10.2 Å². The van der Waals surface area contributed by atoms with Gasteiger partial charge >= 0.3 is 0 Å². The summed E-state index contributed by atoms with van der Waals surface area (Å²) >= 11 is 1.21. The minimum absolute atomic E-state index is 0.0272. The van der Waals surface area contributed by atoms with Crippen molar-refractivity contribution >= 4 is 23.4 Å². The molecule has 0 aliphatic carbocycles. The number of carbonyl (C=O) groups is 1. The van der Waals surface area contributed by atoms with E-state index >= 15 is 0 Å². The zero-order chi connectivity index (χ0) is 21.1. The van der Waals surface area contributed by atoms with Crippen LogP contribution in [0.1, 0.15) is 5.56 Å². The molecule has 0 atom stereocenters. The van der Waals surface area contributed by atoms with Crippen molar-refractivity contribution in [2.24, 2.45) is 0 Å².